The van der Waals surface area contributed by atoms with Crippen LogP contribution in [-0.4, -0.2) is 54.4 Å². The first kappa shape index (κ1) is 21.0. The zero-order valence-corrected chi connectivity index (χ0v) is 18.2. The number of anilines is 1. The third kappa shape index (κ3) is 2.70. The van der Waals surface area contributed by atoms with Crippen molar-refractivity contribution < 1.29 is 28.6 Å². The van der Waals surface area contributed by atoms with E-state index in [1.54, 1.807) is 48.5 Å². The lowest BCUT2D eigenvalue weighted by molar-refractivity contribution is -0.140. The van der Waals surface area contributed by atoms with E-state index in [1.807, 2.05) is 13.0 Å². The fourth-order valence-electron chi connectivity index (χ4n) is 4.89. The monoisotopic (exact) mass is 446 g/mol. The second kappa shape index (κ2) is 7.60. The summed E-state index contributed by atoms with van der Waals surface area (Å²) in [7, 11) is 1.48. The van der Waals surface area contributed by atoms with Gasteiger partial charge in [0.15, 0.2) is 17.1 Å². The average Bonchev–Trinajstić information content (AvgIpc) is 3.43. The van der Waals surface area contributed by atoms with Crippen LogP contribution in [0, 0.1) is 0 Å². The molecule has 168 valence electrons. The number of Topliss-reactive ketones (excluding diaryl/α,β-unsaturated/α-hetero) is 1. The van der Waals surface area contributed by atoms with E-state index >= 15 is 0 Å². The molecule has 5 rings (SSSR count). The molecule has 2 aliphatic heterocycles. The average molecular weight is 446 g/mol. The van der Waals surface area contributed by atoms with Crippen molar-refractivity contribution in [3.63, 3.8) is 0 Å². The number of amides is 2. The van der Waals surface area contributed by atoms with Gasteiger partial charge in [-0.05, 0) is 25.1 Å². The van der Waals surface area contributed by atoms with Crippen LogP contribution in [0.25, 0.3) is 11.0 Å². The summed E-state index contributed by atoms with van der Waals surface area (Å²) in [6.07, 6.45) is 0. The third-order valence-electron chi connectivity index (χ3n) is 6.30. The van der Waals surface area contributed by atoms with E-state index in [1.165, 1.54) is 16.9 Å². The van der Waals surface area contributed by atoms with Crippen LogP contribution in [0.2, 0.25) is 0 Å². The first-order chi connectivity index (χ1) is 16.0. The number of aliphatic hydroxyl groups excluding tert-OH is 1. The number of hydrogen-bond donors (Lipinski definition) is 1. The molecule has 0 saturated heterocycles. The second-order valence-corrected chi connectivity index (χ2v) is 7.93. The quantitative estimate of drug-likeness (QED) is 0.584. The van der Waals surface area contributed by atoms with Crippen molar-refractivity contribution in [1.29, 1.82) is 0 Å². The minimum Gasteiger partial charge on any atom is -0.503 e. The van der Waals surface area contributed by atoms with Crippen molar-refractivity contribution in [1.82, 2.24) is 4.90 Å². The molecule has 2 aliphatic rings. The van der Waals surface area contributed by atoms with Crippen molar-refractivity contribution in [2.45, 2.75) is 12.5 Å². The molecule has 0 aliphatic carbocycles. The number of carbonyl (C=O) groups is 3. The number of methoxy groups -OCH3 is 1. The fraction of sp³-hybridized carbons (Fsp3) is 0.240. The zero-order chi connectivity index (χ0) is 23.3. The van der Waals surface area contributed by atoms with Crippen molar-refractivity contribution in [3.8, 4) is 0 Å². The van der Waals surface area contributed by atoms with Gasteiger partial charge in [0.05, 0.1) is 17.9 Å². The summed E-state index contributed by atoms with van der Waals surface area (Å²) in [5.74, 6) is -2.79. The Bertz CT molecular complexity index is 1310. The molecular formula is C25H22N2O6. The Kier molecular flexibility index (Phi) is 4.83. The fourth-order valence-corrected chi connectivity index (χ4v) is 4.89. The SMILES string of the molecule is CCN1C(=O)C2(C(C(=O)c3cc4ccccc4o3)=C(O)C(=O)N2CCOC)c2ccccc21. The highest BCUT2D eigenvalue weighted by Gasteiger charge is 2.65. The Morgan fingerprint density at radius 1 is 1.12 bits per heavy atom. The molecule has 8 nitrogen and oxygen atoms in total. The summed E-state index contributed by atoms with van der Waals surface area (Å²) in [4.78, 5) is 43.8. The van der Waals surface area contributed by atoms with Crippen LogP contribution < -0.4 is 4.90 Å². The molecule has 0 saturated carbocycles. The largest absolute Gasteiger partial charge is 0.503 e. The van der Waals surface area contributed by atoms with Crippen molar-refractivity contribution >= 4 is 34.3 Å². The summed E-state index contributed by atoms with van der Waals surface area (Å²) < 4.78 is 10.9. The number of nitrogens with zero attached hydrogens (tertiary/aromatic N) is 2. The number of ketones is 1. The van der Waals surface area contributed by atoms with Crippen LogP contribution in [0.15, 0.2) is 70.3 Å². The van der Waals surface area contributed by atoms with Gasteiger partial charge in [-0.1, -0.05) is 36.4 Å². The molecule has 1 unspecified atom stereocenters. The van der Waals surface area contributed by atoms with E-state index in [4.69, 9.17) is 9.15 Å². The van der Waals surface area contributed by atoms with Crippen LogP contribution in [0.4, 0.5) is 5.69 Å². The van der Waals surface area contributed by atoms with Gasteiger partial charge in [0, 0.05) is 31.1 Å². The Balaban J connectivity index is 1.76. The molecule has 3 heterocycles. The summed E-state index contributed by atoms with van der Waals surface area (Å²) in [6.45, 7) is 2.27. The van der Waals surface area contributed by atoms with Crippen LogP contribution >= 0.6 is 0 Å². The van der Waals surface area contributed by atoms with Gasteiger partial charge < -0.3 is 24.1 Å². The number of para-hydroxylation sites is 2. The van der Waals surface area contributed by atoms with E-state index in [0.29, 0.717) is 28.8 Å². The minimum absolute atomic E-state index is 0.00787. The van der Waals surface area contributed by atoms with Gasteiger partial charge in [0.2, 0.25) is 5.78 Å². The normalized spacial score (nSPS) is 19.9. The number of aliphatic hydroxyl groups is 1. The topological polar surface area (TPSA) is 100 Å². The van der Waals surface area contributed by atoms with Gasteiger partial charge in [-0.15, -0.1) is 0 Å². The lowest BCUT2D eigenvalue weighted by Gasteiger charge is -2.35. The summed E-state index contributed by atoms with van der Waals surface area (Å²) in [5.41, 5.74) is -0.558. The van der Waals surface area contributed by atoms with Crippen molar-refractivity contribution in [2.75, 3.05) is 31.7 Å². The number of likely N-dealkylation sites (N-methyl/N-ethyl adjacent to an activating group) is 1. The van der Waals surface area contributed by atoms with Gasteiger partial charge in [-0.25, -0.2) is 0 Å². The van der Waals surface area contributed by atoms with Crippen molar-refractivity contribution in [3.05, 3.63) is 77.3 Å². The Morgan fingerprint density at radius 3 is 2.58 bits per heavy atom. The van der Waals surface area contributed by atoms with E-state index in [-0.39, 0.29) is 24.5 Å². The molecule has 2 aromatic carbocycles. The number of furan rings is 1. The zero-order valence-electron chi connectivity index (χ0n) is 18.2. The number of hydrogen-bond acceptors (Lipinski definition) is 6. The first-order valence-electron chi connectivity index (χ1n) is 10.7. The van der Waals surface area contributed by atoms with Gasteiger partial charge in [0.1, 0.15) is 5.58 Å². The number of rotatable bonds is 6. The molecule has 0 bridgehead atoms. The molecule has 0 fully saturated rings. The Morgan fingerprint density at radius 2 is 1.85 bits per heavy atom. The Labute approximate surface area is 189 Å². The predicted molar refractivity (Wildman–Crippen MR) is 120 cm³/mol. The molecule has 3 aromatic rings. The lowest BCUT2D eigenvalue weighted by atomic mass is 9.81. The highest BCUT2D eigenvalue weighted by atomic mass is 16.5. The van der Waals surface area contributed by atoms with Crippen LogP contribution in [0.1, 0.15) is 23.0 Å². The molecule has 2 amide bonds. The van der Waals surface area contributed by atoms with Crippen LogP contribution in [-0.2, 0) is 19.9 Å². The predicted octanol–water partition coefficient (Wildman–Crippen LogP) is 3.18. The van der Waals surface area contributed by atoms with Gasteiger partial charge in [0.25, 0.3) is 11.8 Å². The van der Waals surface area contributed by atoms with E-state index in [2.05, 4.69) is 0 Å². The number of fused-ring (bicyclic) bond motifs is 3. The lowest BCUT2D eigenvalue weighted by Crippen LogP contribution is -2.54. The van der Waals surface area contributed by atoms with Crippen LogP contribution in [0.3, 0.4) is 0 Å². The van der Waals surface area contributed by atoms with Gasteiger partial charge >= 0.3 is 0 Å². The van der Waals surface area contributed by atoms with Gasteiger partial charge in [-0.2, -0.15) is 0 Å². The van der Waals surface area contributed by atoms with Crippen LogP contribution in [0.5, 0.6) is 0 Å². The number of carbonyl (C=O) groups excluding carboxylic acids is 3. The first-order valence-corrected chi connectivity index (χ1v) is 10.7. The molecule has 1 N–H and O–H groups in total. The maximum Gasteiger partial charge on any atom is 0.290 e. The van der Waals surface area contributed by atoms with Crippen molar-refractivity contribution in [2.24, 2.45) is 0 Å². The molecule has 1 spiro atoms. The highest BCUT2D eigenvalue weighted by molar-refractivity contribution is 6.26. The van der Waals surface area contributed by atoms with Gasteiger partial charge in [-0.3, -0.25) is 14.4 Å². The summed E-state index contributed by atoms with van der Waals surface area (Å²) >= 11 is 0. The minimum atomic E-state index is -1.80. The molecule has 0 radical (unpaired) electrons. The maximum absolute atomic E-state index is 14.0. The molecule has 33 heavy (non-hydrogen) atoms. The Hall–Kier alpha value is -3.91. The highest BCUT2D eigenvalue weighted by Crippen LogP contribution is 2.53. The smallest absolute Gasteiger partial charge is 0.290 e. The second-order valence-electron chi connectivity index (χ2n) is 7.93. The molecule has 1 aromatic heterocycles. The van der Waals surface area contributed by atoms with E-state index in [0.717, 1.165) is 0 Å². The standard InChI is InChI=1S/C25H22N2O6/c1-3-26-17-10-6-5-9-16(17)25(24(26)31)20(22(29)23(30)27(25)12-13-32-2)21(28)19-14-15-8-4-7-11-18(15)33-19/h4-11,14,29H,3,12-13H2,1-2H3. The third-order valence-corrected chi connectivity index (χ3v) is 6.30. The van der Waals surface area contributed by atoms with E-state index < -0.39 is 28.9 Å². The van der Waals surface area contributed by atoms with E-state index in [9.17, 15) is 19.5 Å². The number of ether oxygens (including phenoxy) is 1. The molecular weight excluding hydrogens is 424 g/mol. The summed E-state index contributed by atoms with van der Waals surface area (Å²) in [6, 6.07) is 15.7. The molecule has 8 heteroatoms. The molecule has 1 atom stereocenters. The summed E-state index contributed by atoms with van der Waals surface area (Å²) in [5, 5.41) is 11.7. The maximum atomic E-state index is 14.0. The number of benzene rings is 2.